The third kappa shape index (κ3) is 3.50. The van der Waals surface area contributed by atoms with E-state index in [4.69, 9.17) is 21.7 Å². The van der Waals surface area contributed by atoms with Gasteiger partial charge >= 0.3 is 12.1 Å². The van der Waals surface area contributed by atoms with Gasteiger partial charge in [0, 0.05) is 20.1 Å². The van der Waals surface area contributed by atoms with E-state index in [9.17, 15) is 14.0 Å². The van der Waals surface area contributed by atoms with Crippen molar-refractivity contribution in [2.75, 3.05) is 50.1 Å². The number of halogens is 1. The minimum Gasteiger partial charge on any atom is -0.474 e. The van der Waals surface area contributed by atoms with Crippen LogP contribution in [0.5, 0.6) is 0 Å². The first-order valence-corrected chi connectivity index (χ1v) is 8.43. The quantitative estimate of drug-likeness (QED) is 0.797. The molecule has 0 aliphatic carbocycles. The number of benzene rings is 1. The van der Waals surface area contributed by atoms with Crippen LogP contribution >= 0.6 is 12.2 Å². The highest BCUT2D eigenvalue weighted by molar-refractivity contribution is 7.80. The molecule has 140 valence electrons. The SMILES string of the molecule is COC(=S)NC[C@H]1CN(c2ccc(N3CCN(C)C3=O)c(F)c2)C(=O)O1. The predicted octanol–water partition coefficient (Wildman–Crippen LogP) is 1.54. The Kier molecular flexibility index (Phi) is 5.12. The molecule has 0 spiro atoms. The number of rotatable bonds is 4. The van der Waals surface area contributed by atoms with Crippen LogP contribution in [0.4, 0.5) is 25.4 Å². The number of likely N-dealkylation sites (N-methyl/N-ethyl adjacent to an activating group) is 1. The fraction of sp³-hybridized carbons (Fsp3) is 0.438. The second kappa shape index (κ2) is 7.32. The molecule has 1 atom stereocenters. The summed E-state index contributed by atoms with van der Waals surface area (Å²) in [7, 11) is 3.10. The van der Waals surface area contributed by atoms with Crippen LogP contribution in [-0.4, -0.2) is 68.6 Å². The van der Waals surface area contributed by atoms with E-state index >= 15 is 0 Å². The molecule has 0 unspecified atom stereocenters. The smallest absolute Gasteiger partial charge is 0.414 e. The monoisotopic (exact) mass is 382 g/mol. The van der Waals surface area contributed by atoms with Crippen molar-refractivity contribution in [3.8, 4) is 0 Å². The van der Waals surface area contributed by atoms with Gasteiger partial charge in [-0.3, -0.25) is 9.80 Å². The largest absolute Gasteiger partial charge is 0.474 e. The Morgan fingerprint density at radius 3 is 2.77 bits per heavy atom. The van der Waals surface area contributed by atoms with Crippen LogP contribution in [0.25, 0.3) is 0 Å². The first kappa shape index (κ1) is 18.2. The van der Waals surface area contributed by atoms with Crippen LogP contribution < -0.4 is 15.1 Å². The van der Waals surface area contributed by atoms with Crippen molar-refractivity contribution in [1.82, 2.24) is 10.2 Å². The molecule has 10 heteroatoms. The lowest BCUT2D eigenvalue weighted by Crippen LogP contribution is -2.34. The van der Waals surface area contributed by atoms with Gasteiger partial charge in [-0.2, -0.15) is 0 Å². The molecule has 1 N–H and O–H groups in total. The van der Waals surface area contributed by atoms with Crippen molar-refractivity contribution in [3.05, 3.63) is 24.0 Å². The number of methoxy groups -OCH3 is 1. The topological polar surface area (TPSA) is 74.4 Å². The molecular formula is C16H19FN4O4S. The van der Waals surface area contributed by atoms with E-state index in [1.165, 1.54) is 33.9 Å². The lowest BCUT2D eigenvalue weighted by molar-refractivity contribution is 0.142. The lowest BCUT2D eigenvalue weighted by Gasteiger charge is -2.19. The molecule has 2 heterocycles. The van der Waals surface area contributed by atoms with E-state index in [0.29, 0.717) is 25.3 Å². The van der Waals surface area contributed by atoms with Gasteiger partial charge in [-0.25, -0.2) is 14.0 Å². The number of hydrogen-bond donors (Lipinski definition) is 1. The number of cyclic esters (lactones) is 1. The average Bonchev–Trinajstić information content (AvgIpc) is 3.16. The van der Waals surface area contributed by atoms with Crippen LogP contribution in [0, 0.1) is 5.82 Å². The van der Waals surface area contributed by atoms with Gasteiger partial charge in [-0.1, -0.05) is 0 Å². The maximum atomic E-state index is 14.5. The Morgan fingerprint density at radius 2 is 2.15 bits per heavy atom. The van der Waals surface area contributed by atoms with Crippen molar-refractivity contribution in [3.63, 3.8) is 0 Å². The second-order valence-electron chi connectivity index (χ2n) is 5.98. The summed E-state index contributed by atoms with van der Waals surface area (Å²) in [5.74, 6) is -0.568. The maximum Gasteiger partial charge on any atom is 0.414 e. The van der Waals surface area contributed by atoms with Crippen molar-refractivity contribution < 1.29 is 23.5 Å². The highest BCUT2D eigenvalue weighted by Gasteiger charge is 2.34. The van der Waals surface area contributed by atoms with Gasteiger partial charge in [0.15, 0.2) is 0 Å². The minimum atomic E-state index is -0.568. The van der Waals surface area contributed by atoms with Crippen molar-refractivity contribution in [2.45, 2.75) is 6.10 Å². The summed E-state index contributed by atoms with van der Waals surface area (Å²) < 4.78 is 24.6. The summed E-state index contributed by atoms with van der Waals surface area (Å²) in [5.41, 5.74) is 0.562. The standard InChI is InChI=1S/C16H19FN4O4S/c1-19-5-6-20(15(19)22)13-4-3-10(7-12(13)17)21-9-11(25-16(21)23)8-18-14(26)24-2/h3-4,7,11H,5-6,8-9H2,1-2H3,(H,18,26)/t11-/m0/s1. The Hall–Kier alpha value is -2.62. The molecule has 1 aromatic rings. The fourth-order valence-electron chi connectivity index (χ4n) is 2.86. The van der Waals surface area contributed by atoms with Crippen LogP contribution in [0.1, 0.15) is 0 Å². The Morgan fingerprint density at radius 1 is 1.38 bits per heavy atom. The third-order valence-electron chi connectivity index (χ3n) is 4.28. The number of ether oxygens (including phenoxy) is 2. The van der Waals surface area contributed by atoms with E-state index in [1.54, 1.807) is 13.1 Å². The van der Waals surface area contributed by atoms with Gasteiger partial charge in [-0.05, 0) is 30.4 Å². The summed E-state index contributed by atoms with van der Waals surface area (Å²) >= 11 is 4.87. The molecule has 0 bridgehead atoms. The zero-order valence-corrected chi connectivity index (χ0v) is 15.2. The molecule has 3 rings (SSSR count). The first-order valence-electron chi connectivity index (χ1n) is 8.03. The number of carbonyl (C=O) groups excluding carboxylic acids is 2. The number of urea groups is 1. The van der Waals surface area contributed by atoms with Crippen LogP contribution in [0.3, 0.4) is 0 Å². The van der Waals surface area contributed by atoms with Crippen molar-refractivity contribution in [1.29, 1.82) is 0 Å². The van der Waals surface area contributed by atoms with Gasteiger partial charge in [0.25, 0.3) is 5.17 Å². The van der Waals surface area contributed by atoms with E-state index in [-0.39, 0.29) is 23.4 Å². The number of nitrogens with one attached hydrogen (secondary N) is 1. The molecular weight excluding hydrogens is 363 g/mol. The van der Waals surface area contributed by atoms with E-state index < -0.39 is 18.0 Å². The third-order valence-corrected chi connectivity index (χ3v) is 4.59. The van der Waals surface area contributed by atoms with E-state index in [0.717, 1.165) is 0 Å². The number of carbonyl (C=O) groups is 2. The number of hydrogen-bond acceptors (Lipinski definition) is 5. The summed E-state index contributed by atoms with van der Waals surface area (Å²) in [6.45, 7) is 1.51. The average molecular weight is 382 g/mol. The maximum absolute atomic E-state index is 14.5. The van der Waals surface area contributed by atoms with Crippen LogP contribution in [0.2, 0.25) is 0 Å². The first-order chi connectivity index (χ1) is 12.4. The molecule has 3 amide bonds. The number of thiocarbonyl (C=S) groups is 1. The Bertz CT molecular complexity index is 747. The van der Waals surface area contributed by atoms with Gasteiger partial charge in [-0.15, -0.1) is 0 Å². The zero-order valence-electron chi connectivity index (χ0n) is 14.4. The van der Waals surface area contributed by atoms with Gasteiger partial charge < -0.3 is 19.7 Å². The highest BCUT2D eigenvalue weighted by atomic mass is 32.1. The van der Waals surface area contributed by atoms with Gasteiger partial charge in [0.1, 0.15) is 11.9 Å². The summed E-state index contributed by atoms with van der Waals surface area (Å²) in [6, 6.07) is 4.08. The van der Waals surface area contributed by atoms with Crippen molar-refractivity contribution in [2.24, 2.45) is 0 Å². The molecule has 2 aliphatic heterocycles. The number of nitrogens with zero attached hydrogens (tertiary/aromatic N) is 3. The van der Waals surface area contributed by atoms with E-state index in [1.807, 2.05) is 0 Å². The molecule has 1 aromatic carbocycles. The van der Waals surface area contributed by atoms with E-state index in [2.05, 4.69) is 5.32 Å². The normalized spacial score (nSPS) is 19.8. The molecule has 0 saturated carbocycles. The highest BCUT2D eigenvalue weighted by Crippen LogP contribution is 2.29. The fourth-order valence-corrected chi connectivity index (χ4v) is 2.94. The second-order valence-corrected chi connectivity index (χ2v) is 6.35. The number of amides is 3. The van der Waals surface area contributed by atoms with Crippen LogP contribution in [0.15, 0.2) is 18.2 Å². The molecule has 2 aliphatic rings. The molecule has 2 fully saturated rings. The van der Waals surface area contributed by atoms with Gasteiger partial charge in [0.2, 0.25) is 0 Å². The Balaban J connectivity index is 1.70. The summed E-state index contributed by atoms with van der Waals surface area (Å²) in [6.07, 6.45) is -1.00. The molecule has 0 aromatic heterocycles. The molecule has 26 heavy (non-hydrogen) atoms. The lowest BCUT2D eigenvalue weighted by atomic mass is 10.2. The van der Waals surface area contributed by atoms with Crippen molar-refractivity contribution >= 4 is 40.9 Å². The predicted molar refractivity (Wildman–Crippen MR) is 97.0 cm³/mol. The summed E-state index contributed by atoms with van der Waals surface area (Å²) in [5, 5.41) is 3.02. The molecule has 8 nitrogen and oxygen atoms in total. The van der Waals surface area contributed by atoms with Crippen LogP contribution in [-0.2, 0) is 9.47 Å². The number of anilines is 2. The zero-order chi connectivity index (χ0) is 18.8. The molecule has 0 radical (unpaired) electrons. The Labute approximate surface area is 155 Å². The minimum absolute atomic E-state index is 0.194. The molecule has 2 saturated heterocycles. The van der Waals surface area contributed by atoms with Gasteiger partial charge in [0.05, 0.1) is 31.6 Å². The summed E-state index contributed by atoms with van der Waals surface area (Å²) in [4.78, 5) is 28.3.